The maximum Gasteiger partial charge on any atom is 0.318 e. The number of rotatable bonds is 6. The standard InChI is InChI=1S/C24H28N4O3/c1-16-4-6-20(7-5-16)23-26-27-24(31-23)28-14-12-19(13-15-28)22(29)25-17(2)18-8-10-21(30-3)11-9-18/h4-11,17,19H,12-15H2,1-3H3,(H,25,29)/t17-/m0/s1. The van der Waals surface area contributed by atoms with E-state index in [1.165, 1.54) is 5.56 Å². The van der Waals surface area contributed by atoms with Crippen LogP contribution in [-0.4, -0.2) is 36.3 Å². The topological polar surface area (TPSA) is 80.5 Å². The number of hydrogen-bond acceptors (Lipinski definition) is 6. The number of carbonyl (C=O) groups is 1. The number of hydrogen-bond donors (Lipinski definition) is 1. The number of carbonyl (C=O) groups excluding carboxylic acids is 1. The second kappa shape index (κ2) is 9.20. The fourth-order valence-electron chi connectivity index (χ4n) is 3.80. The maximum atomic E-state index is 12.8. The van der Waals surface area contributed by atoms with Crippen LogP contribution in [0, 0.1) is 12.8 Å². The van der Waals surface area contributed by atoms with Crippen molar-refractivity contribution in [1.82, 2.24) is 15.5 Å². The smallest absolute Gasteiger partial charge is 0.318 e. The Labute approximate surface area is 182 Å². The molecule has 1 saturated heterocycles. The summed E-state index contributed by atoms with van der Waals surface area (Å²) >= 11 is 0. The van der Waals surface area contributed by atoms with E-state index >= 15 is 0 Å². The van der Waals surface area contributed by atoms with E-state index < -0.39 is 0 Å². The Morgan fingerprint density at radius 1 is 1.10 bits per heavy atom. The van der Waals surface area contributed by atoms with Gasteiger partial charge in [0, 0.05) is 24.6 Å². The third-order valence-corrected chi connectivity index (χ3v) is 5.82. The largest absolute Gasteiger partial charge is 0.497 e. The van der Waals surface area contributed by atoms with Gasteiger partial charge in [-0.15, -0.1) is 5.10 Å². The zero-order valence-electron chi connectivity index (χ0n) is 18.2. The lowest BCUT2D eigenvalue weighted by atomic mass is 9.95. The molecule has 0 bridgehead atoms. The number of nitrogens with zero attached hydrogens (tertiary/aromatic N) is 3. The van der Waals surface area contributed by atoms with E-state index in [9.17, 15) is 4.79 Å². The van der Waals surface area contributed by atoms with Gasteiger partial charge in [0.1, 0.15) is 5.75 Å². The summed E-state index contributed by atoms with van der Waals surface area (Å²) in [6.07, 6.45) is 1.51. The minimum atomic E-state index is -0.0514. The van der Waals surface area contributed by atoms with Crippen LogP contribution >= 0.6 is 0 Å². The highest BCUT2D eigenvalue weighted by molar-refractivity contribution is 5.79. The lowest BCUT2D eigenvalue weighted by molar-refractivity contribution is -0.126. The quantitative estimate of drug-likeness (QED) is 0.645. The normalized spacial score (nSPS) is 15.5. The first-order valence-corrected chi connectivity index (χ1v) is 10.6. The fourth-order valence-corrected chi connectivity index (χ4v) is 3.80. The van der Waals surface area contributed by atoms with Crippen molar-refractivity contribution in [1.29, 1.82) is 0 Å². The summed E-state index contributed by atoms with van der Waals surface area (Å²) < 4.78 is 11.1. The molecule has 2 heterocycles. The molecule has 4 rings (SSSR count). The molecule has 7 nitrogen and oxygen atoms in total. The summed E-state index contributed by atoms with van der Waals surface area (Å²) in [6.45, 7) is 5.47. The molecule has 0 saturated carbocycles. The van der Waals surface area contributed by atoms with Gasteiger partial charge >= 0.3 is 6.01 Å². The molecule has 1 aliphatic heterocycles. The van der Waals surface area contributed by atoms with E-state index in [0.717, 1.165) is 29.7 Å². The lowest BCUT2D eigenvalue weighted by Crippen LogP contribution is -2.41. The summed E-state index contributed by atoms with van der Waals surface area (Å²) in [4.78, 5) is 14.8. The average molecular weight is 421 g/mol. The van der Waals surface area contributed by atoms with E-state index in [2.05, 4.69) is 20.4 Å². The highest BCUT2D eigenvalue weighted by Gasteiger charge is 2.28. The Morgan fingerprint density at radius 2 is 1.77 bits per heavy atom. The second-order valence-corrected chi connectivity index (χ2v) is 8.02. The van der Waals surface area contributed by atoms with Gasteiger partial charge in [-0.05, 0) is 56.5 Å². The van der Waals surface area contributed by atoms with Crippen molar-refractivity contribution in [3.05, 3.63) is 59.7 Å². The summed E-state index contributed by atoms with van der Waals surface area (Å²) in [5, 5.41) is 11.5. The van der Waals surface area contributed by atoms with Gasteiger partial charge in [-0.3, -0.25) is 4.79 Å². The van der Waals surface area contributed by atoms with Crippen LogP contribution in [0.25, 0.3) is 11.5 Å². The summed E-state index contributed by atoms with van der Waals surface area (Å²) in [5.41, 5.74) is 3.15. The molecule has 2 aromatic carbocycles. The third kappa shape index (κ3) is 4.87. The van der Waals surface area contributed by atoms with E-state index in [-0.39, 0.29) is 17.9 Å². The van der Waals surface area contributed by atoms with E-state index in [0.29, 0.717) is 25.0 Å². The van der Waals surface area contributed by atoms with Crippen molar-refractivity contribution in [3.63, 3.8) is 0 Å². The van der Waals surface area contributed by atoms with Crippen molar-refractivity contribution in [2.75, 3.05) is 25.1 Å². The van der Waals surface area contributed by atoms with Crippen molar-refractivity contribution in [3.8, 4) is 17.2 Å². The first-order chi connectivity index (χ1) is 15.0. The SMILES string of the molecule is COc1ccc([C@H](C)NC(=O)C2CCN(c3nnc(-c4ccc(C)cc4)o3)CC2)cc1. The number of benzene rings is 2. The van der Waals surface area contributed by atoms with Gasteiger partial charge in [0.05, 0.1) is 13.2 Å². The highest BCUT2D eigenvalue weighted by Crippen LogP contribution is 2.27. The first kappa shape index (κ1) is 20.9. The van der Waals surface area contributed by atoms with Crippen molar-refractivity contribution in [2.24, 2.45) is 5.92 Å². The summed E-state index contributed by atoms with van der Waals surface area (Å²) in [6, 6.07) is 16.2. The number of anilines is 1. The number of aryl methyl sites for hydroxylation is 1. The average Bonchev–Trinajstić information content (AvgIpc) is 3.30. The van der Waals surface area contributed by atoms with Gasteiger partial charge in [-0.1, -0.05) is 34.9 Å². The number of aromatic nitrogens is 2. The van der Waals surface area contributed by atoms with E-state index in [4.69, 9.17) is 9.15 Å². The monoisotopic (exact) mass is 420 g/mol. The Morgan fingerprint density at radius 3 is 2.42 bits per heavy atom. The van der Waals surface area contributed by atoms with Gasteiger partial charge < -0.3 is 19.4 Å². The zero-order chi connectivity index (χ0) is 21.8. The van der Waals surface area contributed by atoms with Gasteiger partial charge in [0.2, 0.25) is 11.8 Å². The molecule has 0 radical (unpaired) electrons. The third-order valence-electron chi connectivity index (χ3n) is 5.82. The van der Waals surface area contributed by atoms with Crippen LogP contribution in [0.5, 0.6) is 5.75 Å². The number of methoxy groups -OCH3 is 1. The van der Waals surface area contributed by atoms with Crippen LogP contribution < -0.4 is 15.0 Å². The van der Waals surface area contributed by atoms with Crippen LogP contribution in [0.1, 0.15) is 36.9 Å². The molecule has 1 fully saturated rings. The maximum absolute atomic E-state index is 12.8. The van der Waals surface area contributed by atoms with Crippen molar-refractivity contribution >= 4 is 11.9 Å². The molecule has 1 aliphatic rings. The minimum absolute atomic E-state index is 0.0172. The Hall–Kier alpha value is -3.35. The van der Waals surface area contributed by atoms with Crippen molar-refractivity contribution in [2.45, 2.75) is 32.7 Å². The van der Waals surface area contributed by atoms with Crippen LogP contribution in [-0.2, 0) is 4.79 Å². The highest BCUT2D eigenvalue weighted by atomic mass is 16.5. The van der Waals surface area contributed by atoms with Gasteiger partial charge in [0.15, 0.2) is 0 Å². The molecule has 31 heavy (non-hydrogen) atoms. The zero-order valence-corrected chi connectivity index (χ0v) is 18.2. The van der Waals surface area contributed by atoms with Crippen molar-refractivity contribution < 1.29 is 13.9 Å². The van der Waals surface area contributed by atoms with Crippen LogP contribution in [0.15, 0.2) is 52.9 Å². The van der Waals surface area contributed by atoms with Gasteiger partial charge in [-0.2, -0.15) is 0 Å². The molecule has 162 valence electrons. The molecular formula is C24H28N4O3. The number of nitrogens with one attached hydrogen (secondary N) is 1. The van der Waals surface area contributed by atoms with E-state index in [1.807, 2.05) is 62.4 Å². The molecule has 3 aromatic rings. The molecule has 1 atom stereocenters. The Balaban J connectivity index is 1.31. The van der Waals surface area contributed by atoms with Crippen LogP contribution in [0.4, 0.5) is 6.01 Å². The van der Waals surface area contributed by atoms with Crippen LogP contribution in [0.2, 0.25) is 0 Å². The number of amides is 1. The van der Waals surface area contributed by atoms with Crippen LogP contribution in [0.3, 0.4) is 0 Å². The molecule has 1 aromatic heterocycles. The second-order valence-electron chi connectivity index (χ2n) is 8.02. The molecule has 7 heteroatoms. The predicted molar refractivity (Wildman–Crippen MR) is 119 cm³/mol. The predicted octanol–water partition coefficient (Wildman–Crippen LogP) is 4.15. The number of piperidine rings is 1. The molecular weight excluding hydrogens is 392 g/mol. The Bertz CT molecular complexity index is 1010. The molecule has 1 N–H and O–H groups in total. The molecule has 0 spiro atoms. The van der Waals surface area contributed by atoms with Gasteiger partial charge in [-0.25, -0.2) is 0 Å². The fraction of sp³-hybridized carbons (Fsp3) is 0.375. The van der Waals surface area contributed by atoms with Gasteiger partial charge in [0.25, 0.3) is 0 Å². The molecule has 0 unspecified atom stereocenters. The minimum Gasteiger partial charge on any atom is -0.497 e. The summed E-state index contributed by atoms with van der Waals surface area (Å²) in [5.74, 6) is 1.40. The summed E-state index contributed by atoms with van der Waals surface area (Å²) in [7, 11) is 1.64. The molecule has 1 amide bonds. The Kier molecular flexibility index (Phi) is 6.21. The first-order valence-electron chi connectivity index (χ1n) is 10.6. The lowest BCUT2D eigenvalue weighted by Gasteiger charge is -2.30. The molecule has 0 aliphatic carbocycles. The van der Waals surface area contributed by atoms with E-state index in [1.54, 1.807) is 7.11 Å². The number of ether oxygens (including phenoxy) is 1.